The minimum Gasteiger partial charge on any atom is -0.376 e. The van der Waals surface area contributed by atoms with Crippen molar-refractivity contribution in [1.29, 1.82) is 0 Å². The molecular weight excluding hydrogens is 426 g/mol. The molecule has 1 unspecified atom stereocenters. The van der Waals surface area contributed by atoms with Crippen LogP contribution in [0.1, 0.15) is 40.2 Å². The summed E-state index contributed by atoms with van der Waals surface area (Å²) in [6.45, 7) is 9.77. The van der Waals surface area contributed by atoms with Gasteiger partial charge in [-0.25, -0.2) is 8.42 Å². The van der Waals surface area contributed by atoms with E-state index < -0.39 is 10.0 Å². The summed E-state index contributed by atoms with van der Waals surface area (Å²) in [5, 5.41) is 0. The van der Waals surface area contributed by atoms with Gasteiger partial charge in [-0.3, -0.25) is 9.69 Å². The number of aryl methyl sites for hydroxylation is 2. The molecule has 1 aromatic heterocycles. The summed E-state index contributed by atoms with van der Waals surface area (Å²) < 4.78 is 35.3. The lowest BCUT2D eigenvalue weighted by molar-refractivity contribution is 0.0896. The van der Waals surface area contributed by atoms with Gasteiger partial charge in [0.05, 0.1) is 17.5 Å². The molecule has 2 aliphatic rings. The fourth-order valence-electron chi connectivity index (χ4n) is 4.63. The van der Waals surface area contributed by atoms with Gasteiger partial charge in [-0.05, 0) is 51.8 Å². The number of ether oxygens (including phenoxy) is 1. The second-order valence-electron chi connectivity index (χ2n) is 8.95. The summed E-state index contributed by atoms with van der Waals surface area (Å²) in [7, 11) is -3.50. The van der Waals surface area contributed by atoms with E-state index in [2.05, 4.69) is 9.47 Å². The van der Waals surface area contributed by atoms with E-state index in [1.807, 2.05) is 39.0 Å². The zero-order chi connectivity index (χ0) is 22.9. The van der Waals surface area contributed by atoms with Crippen LogP contribution in [0.4, 0.5) is 0 Å². The van der Waals surface area contributed by atoms with Crippen molar-refractivity contribution in [3.8, 4) is 0 Å². The molecule has 2 saturated heterocycles. The Labute approximate surface area is 191 Å². The highest BCUT2D eigenvalue weighted by molar-refractivity contribution is 7.89. The van der Waals surface area contributed by atoms with E-state index in [0.717, 1.165) is 48.5 Å². The second kappa shape index (κ2) is 9.47. The first-order valence-electron chi connectivity index (χ1n) is 11.4. The van der Waals surface area contributed by atoms with Crippen molar-refractivity contribution in [2.45, 2.75) is 51.2 Å². The van der Waals surface area contributed by atoms with Crippen molar-refractivity contribution in [2.24, 2.45) is 0 Å². The minimum absolute atomic E-state index is 0.0894. The summed E-state index contributed by atoms with van der Waals surface area (Å²) in [6.07, 6.45) is 2.39. The molecule has 0 saturated carbocycles. The van der Waals surface area contributed by atoms with Crippen LogP contribution in [0, 0.1) is 20.8 Å². The van der Waals surface area contributed by atoms with Gasteiger partial charge in [0.15, 0.2) is 5.78 Å². The Morgan fingerprint density at radius 1 is 1.06 bits per heavy atom. The predicted molar refractivity (Wildman–Crippen MR) is 124 cm³/mol. The second-order valence-corrected chi connectivity index (χ2v) is 10.9. The number of ketones is 1. The molecule has 0 amide bonds. The van der Waals surface area contributed by atoms with Crippen LogP contribution in [0.5, 0.6) is 0 Å². The predicted octanol–water partition coefficient (Wildman–Crippen LogP) is 2.78. The highest BCUT2D eigenvalue weighted by Gasteiger charge is 2.30. The van der Waals surface area contributed by atoms with E-state index in [1.54, 1.807) is 12.1 Å². The highest BCUT2D eigenvalue weighted by Crippen LogP contribution is 2.22. The number of hydrogen-bond donors (Lipinski definition) is 0. The monoisotopic (exact) mass is 459 g/mol. The number of Topliss-reactive ketones (excluding diaryl/α,β-unsaturated/α-hetero) is 1. The van der Waals surface area contributed by atoms with Crippen molar-refractivity contribution < 1.29 is 17.9 Å². The molecule has 1 aromatic carbocycles. The molecule has 0 spiro atoms. The zero-order valence-corrected chi connectivity index (χ0v) is 20.0. The van der Waals surface area contributed by atoms with Crippen LogP contribution in [-0.2, 0) is 21.3 Å². The maximum atomic E-state index is 13.1. The molecule has 0 radical (unpaired) electrons. The first kappa shape index (κ1) is 23.2. The average molecular weight is 460 g/mol. The fraction of sp³-hybridized carbons (Fsp3) is 0.542. The average Bonchev–Trinajstić information content (AvgIpc) is 3.38. The number of benzene rings is 1. The number of rotatable bonds is 7. The standard InChI is InChI=1S/C24H33N3O4S/c1-18-6-8-22(9-7-18)32(29,30)26-12-10-25(11-13-26)17-24(28)23-15-19(2)27(20(23)3)16-21-5-4-14-31-21/h6-9,15,21H,4-5,10-14,16-17H2,1-3H3. The number of nitrogens with zero attached hydrogens (tertiary/aromatic N) is 3. The summed E-state index contributed by atoms with van der Waals surface area (Å²) in [5.41, 5.74) is 3.86. The lowest BCUT2D eigenvalue weighted by Gasteiger charge is -2.33. The van der Waals surface area contributed by atoms with Crippen LogP contribution in [0.15, 0.2) is 35.2 Å². The molecule has 4 rings (SSSR count). The van der Waals surface area contributed by atoms with Gasteiger partial charge in [0.25, 0.3) is 0 Å². The van der Waals surface area contributed by atoms with Gasteiger partial charge in [-0.2, -0.15) is 4.31 Å². The summed E-state index contributed by atoms with van der Waals surface area (Å²) >= 11 is 0. The molecule has 0 N–H and O–H groups in total. The van der Waals surface area contributed by atoms with Crippen molar-refractivity contribution in [1.82, 2.24) is 13.8 Å². The minimum atomic E-state index is -3.50. The third-order valence-corrected chi connectivity index (χ3v) is 8.55. The maximum Gasteiger partial charge on any atom is 0.243 e. The number of carbonyl (C=O) groups excluding carboxylic acids is 1. The van der Waals surface area contributed by atoms with Crippen LogP contribution in [0.3, 0.4) is 0 Å². The summed E-state index contributed by atoms with van der Waals surface area (Å²) in [5.74, 6) is 0.0894. The van der Waals surface area contributed by atoms with E-state index in [1.165, 1.54) is 4.31 Å². The Kier molecular flexibility index (Phi) is 6.86. The van der Waals surface area contributed by atoms with Gasteiger partial charge in [-0.1, -0.05) is 17.7 Å². The third-order valence-electron chi connectivity index (χ3n) is 6.64. The molecule has 1 atom stereocenters. The van der Waals surface area contributed by atoms with Crippen LogP contribution < -0.4 is 0 Å². The summed E-state index contributed by atoms with van der Waals surface area (Å²) in [6, 6.07) is 8.93. The Bertz CT molecular complexity index is 1060. The lowest BCUT2D eigenvalue weighted by Crippen LogP contribution is -2.49. The third kappa shape index (κ3) is 4.83. The largest absolute Gasteiger partial charge is 0.376 e. The van der Waals surface area contributed by atoms with Crippen LogP contribution >= 0.6 is 0 Å². The van der Waals surface area contributed by atoms with Crippen LogP contribution in [0.25, 0.3) is 0 Å². The van der Waals surface area contributed by atoms with Crippen molar-refractivity contribution in [3.63, 3.8) is 0 Å². The Hall–Kier alpha value is -2.00. The molecule has 3 heterocycles. The molecule has 2 fully saturated rings. The maximum absolute atomic E-state index is 13.1. The zero-order valence-electron chi connectivity index (χ0n) is 19.2. The molecule has 0 aliphatic carbocycles. The lowest BCUT2D eigenvalue weighted by atomic mass is 10.1. The number of hydrogen-bond acceptors (Lipinski definition) is 5. The van der Waals surface area contributed by atoms with Crippen LogP contribution in [-0.4, -0.2) is 73.4 Å². The van der Waals surface area contributed by atoms with Crippen molar-refractivity contribution in [2.75, 3.05) is 39.3 Å². The van der Waals surface area contributed by atoms with Gasteiger partial charge in [-0.15, -0.1) is 0 Å². The number of sulfonamides is 1. The van der Waals surface area contributed by atoms with Crippen molar-refractivity contribution in [3.05, 3.63) is 52.8 Å². The molecule has 7 nitrogen and oxygen atoms in total. The first-order valence-corrected chi connectivity index (χ1v) is 12.8. The quantitative estimate of drug-likeness (QED) is 0.596. The number of piperazine rings is 1. The van der Waals surface area contributed by atoms with E-state index in [0.29, 0.717) is 37.6 Å². The van der Waals surface area contributed by atoms with Gasteiger partial charge in [0, 0.05) is 56.3 Å². The molecule has 2 aliphatic heterocycles. The molecule has 32 heavy (non-hydrogen) atoms. The molecule has 0 bridgehead atoms. The normalized spacial score (nSPS) is 20.7. The first-order chi connectivity index (χ1) is 15.3. The Morgan fingerprint density at radius 2 is 1.75 bits per heavy atom. The molecule has 2 aromatic rings. The van der Waals surface area contributed by atoms with Gasteiger partial charge >= 0.3 is 0 Å². The number of aromatic nitrogens is 1. The summed E-state index contributed by atoms with van der Waals surface area (Å²) in [4.78, 5) is 15.4. The SMILES string of the molecule is Cc1ccc(S(=O)(=O)N2CCN(CC(=O)c3cc(C)n(CC4CCCO4)c3C)CC2)cc1. The Balaban J connectivity index is 1.36. The highest BCUT2D eigenvalue weighted by atomic mass is 32.2. The van der Waals surface area contributed by atoms with E-state index in [4.69, 9.17) is 4.74 Å². The van der Waals surface area contributed by atoms with E-state index in [9.17, 15) is 13.2 Å². The van der Waals surface area contributed by atoms with Gasteiger partial charge in [0.1, 0.15) is 0 Å². The number of carbonyl (C=O) groups is 1. The van der Waals surface area contributed by atoms with E-state index >= 15 is 0 Å². The van der Waals surface area contributed by atoms with E-state index in [-0.39, 0.29) is 11.9 Å². The fourth-order valence-corrected chi connectivity index (χ4v) is 6.05. The Morgan fingerprint density at radius 3 is 2.38 bits per heavy atom. The van der Waals surface area contributed by atoms with Crippen molar-refractivity contribution >= 4 is 15.8 Å². The van der Waals surface area contributed by atoms with Crippen LogP contribution in [0.2, 0.25) is 0 Å². The smallest absolute Gasteiger partial charge is 0.243 e. The molecular formula is C24H33N3O4S. The van der Waals surface area contributed by atoms with Gasteiger partial charge < -0.3 is 9.30 Å². The molecule has 174 valence electrons. The van der Waals surface area contributed by atoms with Gasteiger partial charge in [0.2, 0.25) is 10.0 Å². The molecule has 8 heteroatoms. The topological polar surface area (TPSA) is 71.9 Å².